The van der Waals surface area contributed by atoms with Crippen LogP contribution in [0.3, 0.4) is 0 Å². The summed E-state index contributed by atoms with van der Waals surface area (Å²) < 4.78 is 37.6. The molecule has 0 radical (unpaired) electrons. The van der Waals surface area contributed by atoms with Gasteiger partial charge in [0.25, 0.3) is 0 Å². The molecule has 1 aromatic carbocycles. The number of aromatic nitrogens is 1. The summed E-state index contributed by atoms with van der Waals surface area (Å²) in [6.45, 7) is 1.96. The van der Waals surface area contributed by atoms with E-state index in [1.54, 1.807) is 7.05 Å². The molecule has 0 fully saturated rings. The lowest BCUT2D eigenvalue weighted by molar-refractivity contribution is -0.137. The largest absolute Gasteiger partial charge is 0.417 e. The SMILES string of the molecule is CNC(c1ccc(C(F)(F)F)cn1)c1ccccc1C. The maximum absolute atomic E-state index is 12.5. The number of rotatable bonds is 3. The van der Waals surface area contributed by atoms with Crippen LogP contribution in [0, 0.1) is 6.92 Å². The van der Waals surface area contributed by atoms with Crippen molar-refractivity contribution in [1.82, 2.24) is 10.3 Å². The summed E-state index contributed by atoms with van der Waals surface area (Å²) in [6.07, 6.45) is -3.48. The van der Waals surface area contributed by atoms with Crippen LogP contribution < -0.4 is 5.32 Å². The minimum absolute atomic E-state index is 0.224. The van der Waals surface area contributed by atoms with Gasteiger partial charge in [-0.15, -0.1) is 0 Å². The highest BCUT2D eigenvalue weighted by Gasteiger charge is 2.31. The molecule has 5 heteroatoms. The molecule has 0 aliphatic rings. The van der Waals surface area contributed by atoms with Crippen molar-refractivity contribution in [3.05, 3.63) is 65.0 Å². The van der Waals surface area contributed by atoms with Gasteiger partial charge in [-0.05, 0) is 37.2 Å². The molecular weight excluding hydrogens is 265 g/mol. The molecule has 2 aromatic rings. The van der Waals surface area contributed by atoms with E-state index in [4.69, 9.17) is 0 Å². The van der Waals surface area contributed by atoms with Gasteiger partial charge in [-0.1, -0.05) is 24.3 Å². The number of nitrogens with one attached hydrogen (secondary N) is 1. The molecule has 106 valence electrons. The van der Waals surface area contributed by atoms with E-state index in [0.29, 0.717) is 5.69 Å². The zero-order chi connectivity index (χ0) is 14.8. The lowest BCUT2D eigenvalue weighted by Crippen LogP contribution is -2.20. The van der Waals surface area contributed by atoms with Crippen molar-refractivity contribution in [1.29, 1.82) is 0 Å². The van der Waals surface area contributed by atoms with E-state index in [1.165, 1.54) is 6.07 Å². The molecule has 1 unspecified atom stereocenters. The average Bonchev–Trinajstić information content (AvgIpc) is 2.41. The summed E-state index contributed by atoms with van der Waals surface area (Å²) in [5.41, 5.74) is 1.89. The quantitative estimate of drug-likeness (QED) is 0.927. The van der Waals surface area contributed by atoms with Gasteiger partial charge in [-0.3, -0.25) is 4.98 Å². The Balaban J connectivity index is 2.36. The molecular formula is C15H15F3N2. The summed E-state index contributed by atoms with van der Waals surface area (Å²) >= 11 is 0. The Morgan fingerprint density at radius 2 is 1.80 bits per heavy atom. The topological polar surface area (TPSA) is 24.9 Å². The number of hydrogen-bond acceptors (Lipinski definition) is 2. The van der Waals surface area contributed by atoms with Gasteiger partial charge in [-0.2, -0.15) is 13.2 Å². The predicted molar refractivity (Wildman–Crippen MR) is 71.3 cm³/mol. The lowest BCUT2D eigenvalue weighted by Gasteiger charge is -2.19. The molecule has 1 heterocycles. The first kappa shape index (κ1) is 14.5. The van der Waals surface area contributed by atoms with Crippen molar-refractivity contribution >= 4 is 0 Å². The van der Waals surface area contributed by atoms with Gasteiger partial charge in [0.05, 0.1) is 17.3 Å². The number of benzene rings is 1. The highest BCUT2D eigenvalue weighted by atomic mass is 19.4. The van der Waals surface area contributed by atoms with Crippen molar-refractivity contribution in [3.8, 4) is 0 Å². The normalized spacial score (nSPS) is 13.2. The maximum atomic E-state index is 12.5. The van der Waals surface area contributed by atoms with E-state index in [1.807, 2.05) is 31.2 Å². The summed E-state index contributed by atoms with van der Waals surface area (Å²) in [7, 11) is 1.76. The highest BCUT2D eigenvalue weighted by molar-refractivity contribution is 5.34. The second-order valence-corrected chi connectivity index (χ2v) is 4.55. The summed E-state index contributed by atoms with van der Waals surface area (Å²) in [6, 6.07) is 9.97. The predicted octanol–water partition coefficient (Wildman–Crippen LogP) is 3.72. The van der Waals surface area contributed by atoms with Gasteiger partial charge in [-0.25, -0.2) is 0 Å². The van der Waals surface area contributed by atoms with Gasteiger partial charge in [0.2, 0.25) is 0 Å². The van der Waals surface area contributed by atoms with Crippen molar-refractivity contribution in [2.75, 3.05) is 7.05 Å². The number of hydrogen-bond donors (Lipinski definition) is 1. The Hall–Kier alpha value is -1.88. The van der Waals surface area contributed by atoms with Crippen LogP contribution in [0.4, 0.5) is 13.2 Å². The average molecular weight is 280 g/mol. The molecule has 0 saturated carbocycles. The van der Waals surface area contributed by atoms with Crippen LogP contribution >= 0.6 is 0 Å². The first-order chi connectivity index (χ1) is 9.43. The minimum atomic E-state index is -4.36. The summed E-state index contributed by atoms with van der Waals surface area (Å²) in [5, 5.41) is 3.09. The van der Waals surface area contributed by atoms with Gasteiger partial charge in [0.15, 0.2) is 0 Å². The van der Waals surface area contributed by atoms with Crippen LogP contribution in [0.15, 0.2) is 42.6 Å². The minimum Gasteiger partial charge on any atom is -0.308 e. The number of pyridine rings is 1. The van der Waals surface area contributed by atoms with Gasteiger partial charge in [0, 0.05) is 6.20 Å². The number of alkyl halides is 3. The molecule has 20 heavy (non-hydrogen) atoms. The number of aryl methyl sites for hydroxylation is 1. The van der Waals surface area contributed by atoms with E-state index in [9.17, 15) is 13.2 Å². The van der Waals surface area contributed by atoms with Crippen LogP contribution in [0.1, 0.15) is 28.4 Å². The van der Waals surface area contributed by atoms with Gasteiger partial charge < -0.3 is 5.32 Å². The van der Waals surface area contributed by atoms with Crippen molar-refractivity contribution in [3.63, 3.8) is 0 Å². The van der Waals surface area contributed by atoms with Crippen LogP contribution in [-0.4, -0.2) is 12.0 Å². The molecule has 1 aromatic heterocycles. The molecule has 0 aliphatic heterocycles. The third-order valence-electron chi connectivity index (χ3n) is 3.20. The van der Waals surface area contributed by atoms with E-state index < -0.39 is 11.7 Å². The molecule has 0 spiro atoms. The first-order valence-corrected chi connectivity index (χ1v) is 6.19. The molecule has 0 bridgehead atoms. The van der Waals surface area contributed by atoms with Crippen LogP contribution in [0.2, 0.25) is 0 Å². The molecule has 2 nitrogen and oxygen atoms in total. The zero-order valence-corrected chi connectivity index (χ0v) is 11.2. The smallest absolute Gasteiger partial charge is 0.308 e. The van der Waals surface area contributed by atoms with Gasteiger partial charge in [0.1, 0.15) is 0 Å². The Labute approximate surface area is 115 Å². The Bertz CT molecular complexity index is 576. The van der Waals surface area contributed by atoms with Crippen molar-refractivity contribution < 1.29 is 13.2 Å². The van der Waals surface area contributed by atoms with Gasteiger partial charge >= 0.3 is 6.18 Å². The third-order valence-corrected chi connectivity index (χ3v) is 3.20. The Morgan fingerprint density at radius 1 is 1.10 bits per heavy atom. The lowest BCUT2D eigenvalue weighted by atomic mass is 9.98. The molecule has 0 aliphatic carbocycles. The Morgan fingerprint density at radius 3 is 2.30 bits per heavy atom. The Kier molecular flexibility index (Phi) is 4.09. The summed E-state index contributed by atoms with van der Waals surface area (Å²) in [5.74, 6) is 0. The van der Waals surface area contributed by atoms with E-state index in [0.717, 1.165) is 23.4 Å². The van der Waals surface area contributed by atoms with E-state index in [-0.39, 0.29) is 6.04 Å². The van der Waals surface area contributed by atoms with Crippen LogP contribution in [0.5, 0.6) is 0 Å². The van der Waals surface area contributed by atoms with E-state index in [2.05, 4.69) is 10.3 Å². The fourth-order valence-corrected chi connectivity index (χ4v) is 2.12. The summed E-state index contributed by atoms with van der Waals surface area (Å²) in [4.78, 5) is 3.95. The van der Waals surface area contributed by atoms with Crippen molar-refractivity contribution in [2.45, 2.75) is 19.1 Å². The number of halogens is 3. The molecule has 1 N–H and O–H groups in total. The fourth-order valence-electron chi connectivity index (χ4n) is 2.12. The highest BCUT2D eigenvalue weighted by Crippen LogP contribution is 2.30. The molecule has 0 saturated heterocycles. The van der Waals surface area contributed by atoms with Crippen LogP contribution in [0.25, 0.3) is 0 Å². The van der Waals surface area contributed by atoms with Crippen molar-refractivity contribution in [2.24, 2.45) is 0 Å². The second-order valence-electron chi connectivity index (χ2n) is 4.55. The standard InChI is InChI=1S/C15H15F3N2/c1-10-5-3-4-6-12(10)14(19-2)13-8-7-11(9-20-13)15(16,17)18/h3-9,14,19H,1-2H3. The monoisotopic (exact) mass is 280 g/mol. The van der Waals surface area contributed by atoms with E-state index >= 15 is 0 Å². The zero-order valence-electron chi connectivity index (χ0n) is 11.2. The first-order valence-electron chi connectivity index (χ1n) is 6.19. The maximum Gasteiger partial charge on any atom is 0.417 e. The number of nitrogens with zero attached hydrogens (tertiary/aromatic N) is 1. The molecule has 1 atom stereocenters. The molecule has 0 amide bonds. The van der Waals surface area contributed by atoms with Crippen LogP contribution in [-0.2, 0) is 6.18 Å². The third kappa shape index (κ3) is 2.99. The fraction of sp³-hybridized carbons (Fsp3) is 0.267. The second kappa shape index (κ2) is 5.63. The molecule has 2 rings (SSSR count).